The van der Waals surface area contributed by atoms with E-state index in [1.165, 1.54) is 25.7 Å². The standard InChI is InChI=1S/C21H34O4/c1-13(22)16-6-7-17-15-5-4-14-12-21(23,25-24)11-10-19(14,2)18(15)8-9-20(16,17)3/h14-18,23-24H,4-12H2,1-3H3/t14-,15-,16+,17-,18-,19-,20+,21+/m0/s1. The Balaban J connectivity index is 1.59. The molecule has 25 heavy (non-hydrogen) atoms. The predicted octanol–water partition coefficient (Wildman–Crippen LogP) is 4.41. The summed E-state index contributed by atoms with van der Waals surface area (Å²) in [5, 5.41) is 19.5. The van der Waals surface area contributed by atoms with E-state index in [0.29, 0.717) is 36.4 Å². The van der Waals surface area contributed by atoms with Gasteiger partial charge in [0, 0.05) is 18.8 Å². The molecule has 4 nitrogen and oxygen atoms in total. The Morgan fingerprint density at radius 2 is 1.68 bits per heavy atom. The highest BCUT2D eigenvalue weighted by molar-refractivity contribution is 5.79. The third-order valence-electron chi connectivity index (χ3n) is 9.35. The summed E-state index contributed by atoms with van der Waals surface area (Å²) in [4.78, 5) is 16.6. The molecule has 4 aliphatic rings. The van der Waals surface area contributed by atoms with Crippen molar-refractivity contribution < 1.29 is 20.0 Å². The normalized spacial score (nSPS) is 55.2. The molecule has 4 rings (SSSR count). The van der Waals surface area contributed by atoms with Crippen molar-refractivity contribution in [2.75, 3.05) is 0 Å². The lowest BCUT2D eigenvalue weighted by atomic mass is 9.44. The fraction of sp³-hybridized carbons (Fsp3) is 0.952. The summed E-state index contributed by atoms with van der Waals surface area (Å²) < 4.78 is 0. The summed E-state index contributed by atoms with van der Waals surface area (Å²) in [6.07, 6.45) is 9.01. The molecule has 2 N–H and O–H groups in total. The Morgan fingerprint density at radius 1 is 0.960 bits per heavy atom. The number of rotatable bonds is 2. The van der Waals surface area contributed by atoms with Crippen LogP contribution < -0.4 is 0 Å². The highest BCUT2D eigenvalue weighted by Gasteiger charge is 2.62. The van der Waals surface area contributed by atoms with E-state index in [-0.39, 0.29) is 16.7 Å². The van der Waals surface area contributed by atoms with Crippen molar-refractivity contribution in [3.8, 4) is 0 Å². The van der Waals surface area contributed by atoms with E-state index in [1.54, 1.807) is 6.92 Å². The van der Waals surface area contributed by atoms with E-state index in [4.69, 9.17) is 5.26 Å². The van der Waals surface area contributed by atoms with Crippen LogP contribution in [0.25, 0.3) is 0 Å². The maximum atomic E-state index is 12.2. The van der Waals surface area contributed by atoms with Crippen LogP contribution in [0.4, 0.5) is 0 Å². The predicted molar refractivity (Wildman–Crippen MR) is 94.6 cm³/mol. The molecule has 0 amide bonds. The molecule has 4 heteroatoms. The van der Waals surface area contributed by atoms with Crippen molar-refractivity contribution in [1.29, 1.82) is 0 Å². The van der Waals surface area contributed by atoms with Crippen LogP contribution in [0, 0.1) is 40.4 Å². The molecule has 0 spiro atoms. The first-order valence-electron chi connectivity index (χ1n) is 10.3. The van der Waals surface area contributed by atoms with Crippen molar-refractivity contribution in [3.05, 3.63) is 0 Å². The van der Waals surface area contributed by atoms with Gasteiger partial charge in [0.15, 0.2) is 5.79 Å². The van der Waals surface area contributed by atoms with Crippen LogP contribution in [0.1, 0.15) is 78.6 Å². The summed E-state index contributed by atoms with van der Waals surface area (Å²) in [7, 11) is 0. The number of aliphatic hydroxyl groups is 1. The molecule has 0 aromatic heterocycles. The smallest absolute Gasteiger partial charge is 0.199 e. The summed E-state index contributed by atoms with van der Waals surface area (Å²) in [5.41, 5.74) is 0.448. The largest absolute Gasteiger partial charge is 0.363 e. The monoisotopic (exact) mass is 350 g/mol. The molecule has 4 fully saturated rings. The second kappa shape index (κ2) is 5.77. The molecule has 0 heterocycles. The number of Topliss-reactive ketones (excluding diaryl/α,β-unsaturated/α-hetero) is 1. The Hall–Kier alpha value is -0.450. The number of hydrogen-bond acceptors (Lipinski definition) is 4. The minimum absolute atomic E-state index is 0.208. The van der Waals surface area contributed by atoms with Gasteiger partial charge in [-0.05, 0) is 86.4 Å². The van der Waals surface area contributed by atoms with Gasteiger partial charge < -0.3 is 5.11 Å². The molecule has 142 valence electrons. The number of carbonyl (C=O) groups is 1. The van der Waals surface area contributed by atoms with Crippen LogP contribution in [0.15, 0.2) is 0 Å². The van der Waals surface area contributed by atoms with Gasteiger partial charge in [-0.1, -0.05) is 13.8 Å². The Morgan fingerprint density at radius 3 is 2.36 bits per heavy atom. The van der Waals surface area contributed by atoms with Gasteiger partial charge in [-0.3, -0.25) is 4.79 Å². The van der Waals surface area contributed by atoms with Crippen LogP contribution in [-0.4, -0.2) is 21.9 Å². The fourth-order valence-corrected chi connectivity index (χ4v) is 7.96. The lowest BCUT2D eigenvalue weighted by molar-refractivity contribution is -0.410. The first-order valence-corrected chi connectivity index (χ1v) is 10.3. The maximum absolute atomic E-state index is 12.2. The number of carbonyl (C=O) groups excluding carboxylic acids is 1. The number of ketones is 1. The van der Waals surface area contributed by atoms with Crippen LogP contribution in [-0.2, 0) is 9.68 Å². The molecular formula is C21H34O4. The van der Waals surface area contributed by atoms with E-state index in [0.717, 1.165) is 25.2 Å². The molecule has 0 saturated heterocycles. The summed E-state index contributed by atoms with van der Waals surface area (Å²) in [6.45, 7) is 6.60. The van der Waals surface area contributed by atoms with Gasteiger partial charge >= 0.3 is 0 Å². The molecule has 0 bridgehead atoms. The second-order valence-electron chi connectivity index (χ2n) is 10.2. The lowest BCUT2D eigenvalue weighted by Crippen LogP contribution is -2.56. The molecule has 0 unspecified atom stereocenters. The SMILES string of the molecule is CC(=O)[C@H]1CC[C@H]2[C@@H]3CC[C@H]4C[C@](O)(OO)CC[C@]4(C)[C@H]3CC[C@]12C. The quantitative estimate of drug-likeness (QED) is 0.440. The van der Waals surface area contributed by atoms with Gasteiger partial charge in [0.25, 0.3) is 0 Å². The third-order valence-corrected chi connectivity index (χ3v) is 9.35. The topological polar surface area (TPSA) is 66.8 Å². The molecule has 0 aromatic carbocycles. The van der Waals surface area contributed by atoms with Gasteiger partial charge in [0.1, 0.15) is 5.78 Å². The van der Waals surface area contributed by atoms with Crippen molar-refractivity contribution in [2.24, 2.45) is 40.4 Å². The Labute approximate surface area is 151 Å². The zero-order chi connectivity index (χ0) is 18.0. The average molecular weight is 350 g/mol. The summed E-state index contributed by atoms with van der Waals surface area (Å²) in [5.74, 6) is 1.85. The lowest BCUT2D eigenvalue weighted by Gasteiger charge is -2.61. The van der Waals surface area contributed by atoms with Gasteiger partial charge in [-0.15, -0.1) is 0 Å². The highest BCUT2D eigenvalue weighted by Crippen LogP contribution is 2.68. The van der Waals surface area contributed by atoms with Crippen molar-refractivity contribution >= 4 is 5.78 Å². The zero-order valence-corrected chi connectivity index (χ0v) is 16.0. The minimum Gasteiger partial charge on any atom is -0.363 e. The molecular weight excluding hydrogens is 316 g/mol. The highest BCUT2D eigenvalue weighted by atomic mass is 17.1. The van der Waals surface area contributed by atoms with E-state index in [9.17, 15) is 9.90 Å². The first kappa shape index (κ1) is 17.9. The van der Waals surface area contributed by atoms with Gasteiger partial charge in [0.05, 0.1) is 0 Å². The molecule has 4 aliphatic carbocycles. The number of hydrogen-bond donors (Lipinski definition) is 2. The minimum atomic E-state index is -1.34. The second-order valence-corrected chi connectivity index (χ2v) is 10.2. The molecule has 8 atom stereocenters. The van der Waals surface area contributed by atoms with E-state index < -0.39 is 5.79 Å². The molecule has 0 aromatic rings. The maximum Gasteiger partial charge on any atom is 0.199 e. The van der Waals surface area contributed by atoms with Crippen LogP contribution in [0.2, 0.25) is 0 Å². The summed E-state index contributed by atoms with van der Waals surface area (Å²) >= 11 is 0. The average Bonchev–Trinajstić information content (AvgIpc) is 2.93. The van der Waals surface area contributed by atoms with Gasteiger partial charge in [0.2, 0.25) is 0 Å². The molecule has 0 aliphatic heterocycles. The van der Waals surface area contributed by atoms with E-state index >= 15 is 0 Å². The first-order chi connectivity index (χ1) is 11.7. The molecule has 0 radical (unpaired) electrons. The van der Waals surface area contributed by atoms with Gasteiger partial charge in [-0.25, -0.2) is 10.1 Å². The van der Waals surface area contributed by atoms with Crippen molar-refractivity contribution in [3.63, 3.8) is 0 Å². The van der Waals surface area contributed by atoms with E-state index in [1.807, 2.05) is 0 Å². The number of fused-ring (bicyclic) bond motifs is 5. The van der Waals surface area contributed by atoms with Crippen molar-refractivity contribution in [1.82, 2.24) is 0 Å². The summed E-state index contributed by atoms with van der Waals surface area (Å²) in [6, 6.07) is 0. The van der Waals surface area contributed by atoms with Gasteiger partial charge in [-0.2, -0.15) is 0 Å². The van der Waals surface area contributed by atoms with Crippen LogP contribution >= 0.6 is 0 Å². The third kappa shape index (κ3) is 2.47. The van der Waals surface area contributed by atoms with Crippen molar-refractivity contribution in [2.45, 2.75) is 84.3 Å². The Kier molecular flexibility index (Phi) is 4.14. The Bertz CT molecular complexity index is 562. The zero-order valence-electron chi connectivity index (χ0n) is 16.0. The molecule has 4 saturated carbocycles. The van der Waals surface area contributed by atoms with Crippen LogP contribution in [0.3, 0.4) is 0 Å². The van der Waals surface area contributed by atoms with E-state index in [2.05, 4.69) is 18.7 Å². The fourth-order valence-electron chi connectivity index (χ4n) is 7.96. The van der Waals surface area contributed by atoms with Crippen LogP contribution in [0.5, 0.6) is 0 Å².